The molecule has 0 amide bonds. The molecule has 1 aromatic carbocycles. The summed E-state index contributed by atoms with van der Waals surface area (Å²) in [6.45, 7) is 2.05. The number of hydrogen-bond acceptors (Lipinski definition) is 1. The Morgan fingerprint density at radius 3 is 2.62 bits per heavy atom. The maximum atomic E-state index is 11.2. The molecule has 0 spiro atoms. The van der Waals surface area contributed by atoms with Gasteiger partial charge < -0.3 is 0 Å². The minimum atomic E-state index is 0.150. The number of benzene rings is 1. The van der Waals surface area contributed by atoms with E-state index in [4.69, 9.17) is 0 Å². The number of carbonyl (C=O) groups excluding carboxylic acids is 1. The van der Waals surface area contributed by atoms with E-state index in [0.29, 0.717) is 4.68 Å². The Labute approximate surface area is 85.7 Å². The van der Waals surface area contributed by atoms with Gasteiger partial charge in [-0.15, -0.1) is 0 Å². The van der Waals surface area contributed by atoms with Crippen molar-refractivity contribution in [3.63, 3.8) is 0 Å². The molecule has 2 heteroatoms. The van der Waals surface area contributed by atoms with Crippen molar-refractivity contribution in [1.29, 1.82) is 0 Å². The van der Waals surface area contributed by atoms with Crippen molar-refractivity contribution in [2.75, 3.05) is 0 Å². The van der Waals surface area contributed by atoms with Gasteiger partial charge in [0, 0.05) is 0 Å². The number of carbonyl (C=O) groups is 1. The summed E-state index contributed by atoms with van der Waals surface area (Å²) >= 11 is 0.150. The van der Waals surface area contributed by atoms with Crippen LogP contribution >= 0.6 is 0 Å². The number of rotatable bonds is 5. The van der Waals surface area contributed by atoms with Gasteiger partial charge in [0.25, 0.3) is 0 Å². The molecule has 0 saturated carbocycles. The Kier molecular flexibility index (Phi) is 4.80. The van der Waals surface area contributed by atoms with Crippen LogP contribution in [0.25, 0.3) is 0 Å². The van der Waals surface area contributed by atoms with Crippen LogP contribution in [0.5, 0.6) is 0 Å². The van der Waals surface area contributed by atoms with Crippen LogP contribution in [0.15, 0.2) is 30.3 Å². The molecular weight excluding hydrogens is 227 g/mol. The van der Waals surface area contributed by atoms with Crippen LogP contribution in [0.4, 0.5) is 0 Å². The summed E-state index contributed by atoms with van der Waals surface area (Å²) < 4.78 is 0.443. The molecule has 1 nitrogen and oxygen atoms in total. The van der Waals surface area contributed by atoms with Crippen molar-refractivity contribution in [2.45, 2.75) is 25.1 Å². The normalized spacial score (nSPS) is 9.92. The fourth-order valence-corrected chi connectivity index (χ4v) is 2.84. The first-order chi connectivity index (χ1) is 6.33. The van der Waals surface area contributed by atoms with Gasteiger partial charge >= 0.3 is 85.4 Å². The van der Waals surface area contributed by atoms with Crippen molar-refractivity contribution in [3.8, 4) is 0 Å². The third-order valence-corrected chi connectivity index (χ3v) is 3.80. The number of hydrogen-bond donors (Lipinski definition) is 0. The molecule has 0 aromatic heterocycles. The quantitative estimate of drug-likeness (QED) is 0.722. The SMILES string of the molecule is CCCC(=O)[Se]Cc1ccccc1. The van der Waals surface area contributed by atoms with Gasteiger partial charge in [-0.2, -0.15) is 0 Å². The van der Waals surface area contributed by atoms with Crippen molar-refractivity contribution in [2.24, 2.45) is 0 Å². The van der Waals surface area contributed by atoms with Crippen LogP contribution in [-0.2, 0) is 10.1 Å². The van der Waals surface area contributed by atoms with Crippen LogP contribution in [0.1, 0.15) is 25.3 Å². The first-order valence-electron chi connectivity index (χ1n) is 4.52. The maximum absolute atomic E-state index is 11.2. The Balaban J connectivity index is 2.31. The summed E-state index contributed by atoms with van der Waals surface area (Å²) in [5.41, 5.74) is 1.28. The van der Waals surface area contributed by atoms with Gasteiger partial charge in [0.2, 0.25) is 0 Å². The summed E-state index contributed by atoms with van der Waals surface area (Å²) in [4.78, 5) is 11.2. The van der Waals surface area contributed by atoms with Crippen molar-refractivity contribution in [3.05, 3.63) is 35.9 Å². The Morgan fingerprint density at radius 1 is 1.31 bits per heavy atom. The summed E-state index contributed by atoms with van der Waals surface area (Å²) in [6.07, 6.45) is 1.74. The average molecular weight is 241 g/mol. The van der Waals surface area contributed by atoms with E-state index in [-0.39, 0.29) is 15.0 Å². The van der Waals surface area contributed by atoms with E-state index in [1.165, 1.54) is 5.56 Å². The van der Waals surface area contributed by atoms with Gasteiger partial charge in [-0.25, -0.2) is 0 Å². The zero-order valence-electron chi connectivity index (χ0n) is 7.82. The molecule has 0 radical (unpaired) electrons. The van der Waals surface area contributed by atoms with Gasteiger partial charge in [0.1, 0.15) is 0 Å². The third kappa shape index (κ3) is 4.25. The molecule has 0 N–H and O–H groups in total. The monoisotopic (exact) mass is 242 g/mol. The molecule has 0 fully saturated rings. The van der Waals surface area contributed by atoms with E-state index in [1.54, 1.807) is 0 Å². The Bertz CT molecular complexity index is 256. The topological polar surface area (TPSA) is 17.1 Å². The van der Waals surface area contributed by atoms with Gasteiger partial charge in [-0.3, -0.25) is 0 Å². The predicted octanol–water partition coefficient (Wildman–Crippen LogP) is 2.22. The van der Waals surface area contributed by atoms with E-state index < -0.39 is 0 Å². The van der Waals surface area contributed by atoms with E-state index in [2.05, 4.69) is 19.1 Å². The van der Waals surface area contributed by atoms with Crippen molar-refractivity contribution < 1.29 is 4.79 Å². The van der Waals surface area contributed by atoms with Crippen molar-refractivity contribution in [1.82, 2.24) is 0 Å². The van der Waals surface area contributed by atoms with Crippen LogP contribution < -0.4 is 0 Å². The molecule has 70 valence electrons. The molecule has 0 atom stereocenters. The van der Waals surface area contributed by atoms with Gasteiger partial charge in [-0.1, -0.05) is 0 Å². The van der Waals surface area contributed by atoms with Crippen molar-refractivity contribution >= 4 is 19.6 Å². The fraction of sp³-hybridized carbons (Fsp3) is 0.364. The van der Waals surface area contributed by atoms with E-state index in [9.17, 15) is 4.79 Å². The Morgan fingerprint density at radius 2 is 2.00 bits per heavy atom. The molecule has 0 bridgehead atoms. The van der Waals surface area contributed by atoms with Crippen LogP contribution in [0, 0.1) is 0 Å². The Hall–Kier alpha value is -0.591. The van der Waals surface area contributed by atoms with Gasteiger partial charge in [0.15, 0.2) is 0 Å². The van der Waals surface area contributed by atoms with Gasteiger partial charge in [0.05, 0.1) is 0 Å². The molecule has 1 aromatic rings. The molecule has 0 saturated heterocycles. The molecule has 0 aliphatic heterocycles. The van der Waals surface area contributed by atoms with Crippen LogP contribution in [0.2, 0.25) is 0 Å². The zero-order chi connectivity index (χ0) is 9.52. The van der Waals surface area contributed by atoms with Crippen LogP contribution in [-0.4, -0.2) is 19.6 Å². The molecular formula is C11H14OSe. The predicted molar refractivity (Wildman–Crippen MR) is 55.8 cm³/mol. The molecule has 0 unspecified atom stereocenters. The van der Waals surface area contributed by atoms with E-state index in [0.717, 1.165) is 18.2 Å². The first kappa shape index (κ1) is 10.5. The standard InChI is InChI=1S/C11H14OSe/c1-2-6-11(12)13-9-10-7-4-3-5-8-10/h3-5,7-8H,2,6,9H2,1H3. The first-order valence-corrected chi connectivity index (χ1v) is 6.59. The second kappa shape index (κ2) is 5.95. The molecule has 0 aliphatic carbocycles. The molecule has 1 rings (SSSR count). The zero-order valence-corrected chi connectivity index (χ0v) is 9.54. The summed E-state index contributed by atoms with van der Waals surface area (Å²) in [6, 6.07) is 10.2. The van der Waals surface area contributed by atoms with Crippen LogP contribution in [0.3, 0.4) is 0 Å². The average Bonchev–Trinajstić information content (AvgIpc) is 2.17. The van der Waals surface area contributed by atoms with Gasteiger partial charge in [-0.05, 0) is 0 Å². The molecule has 0 aliphatic rings. The summed E-state index contributed by atoms with van der Waals surface area (Å²) in [7, 11) is 0. The second-order valence-corrected chi connectivity index (χ2v) is 5.06. The third-order valence-electron chi connectivity index (χ3n) is 1.70. The van der Waals surface area contributed by atoms with E-state index >= 15 is 0 Å². The minimum absolute atomic E-state index is 0.150. The summed E-state index contributed by atoms with van der Waals surface area (Å²) in [5.74, 6) is 0. The fourth-order valence-electron chi connectivity index (χ4n) is 1.01. The van der Waals surface area contributed by atoms with E-state index in [1.807, 2.05) is 18.2 Å². The second-order valence-electron chi connectivity index (χ2n) is 2.90. The molecule has 0 heterocycles. The summed E-state index contributed by atoms with van der Waals surface area (Å²) in [5, 5.41) is 0.951. The molecule has 13 heavy (non-hydrogen) atoms.